The van der Waals surface area contributed by atoms with Gasteiger partial charge in [0.1, 0.15) is 36.5 Å². The average molecular weight is 310 g/mol. The van der Waals surface area contributed by atoms with E-state index in [9.17, 15) is 10.2 Å². The van der Waals surface area contributed by atoms with Crippen LogP contribution in [-0.4, -0.2) is 65.5 Å². The number of hydrogen-bond acceptors (Lipinski definition) is 9. The number of nitrogen functional groups attached to an aromatic ring is 1. The summed E-state index contributed by atoms with van der Waals surface area (Å²) >= 11 is 0. The molecule has 1 aliphatic heterocycles. The molecule has 0 radical (unpaired) electrons. The van der Waals surface area contributed by atoms with Crippen molar-refractivity contribution < 1.29 is 25.5 Å². The van der Waals surface area contributed by atoms with Crippen LogP contribution in [0.3, 0.4) is 0 Å². The number of hydrogen-bond donors (Lipinski definition) is 4. The Bertz CT molecular complexity index is 728. The Balaban J connectivity index is 0.00000176. The molecule has 0 saturated carbocycles. The Morgan fingerprint density at radius 1 is 1.36 bits per heavy atom. The summed E-state index contributed by atoms with van der Waals surface area (Å²) in [5.74, 6) is 0.0783. The molecule has 0 spiro atoms. The van der Waals surface area contributed by atoms with Gasteiger partial charge in [-0.3, -0.25) is 0 Å². The quantitative estimate of drug-likeness (QED) is 0.448. The molecule has 118 valence electrons. The molecule has 0 aromatic carbocycles. The second-order valence-corrected chi connectivity index (χ2v) is 4.59. The predicted molar refractivity (Wildman–Crippen MR) is 71.1 cm³/mol. The molecule has 0 bridgehead atoms. The van der Waals surface area contributed by atoms with E-state index in [4.69, 9.17) is 20.8 Å². The fourth-order valence-electron chi connectivity index (χ4n) is 2.33. The SMILES string of the molecule is N#Cc1nn([C@@H]2O[C@H](CO)[C@@H](O)[C@H]2O)c2ncnc(N)c12.O. The molecule has 0 amide bonds. The molecule has 4 atom stereocenters. The Morgan fingerprint density at radius 3 is 2.68 bits per heavy atom. The Labute approximate surface area is 123 Å². The number of aromatic nitrogens is 4. The molecule has 1 aliphatic rings. The van der Waals surface area contributed by atoms with Crippen molar-refractivity contribution in [3.8, 4) is 6.07 Å². The Morgan fingerprint density at radius 2 is 2.09 bits per heavy atom. The standard InChI is InChI=1S/C11H12N6O4.H2O/c12-1-4-6-9(13)14-3-15-10(6)17(16-4)11-8(20)7(19)5(2-18)21-11;/h3,5,7-8,11,18-20H,2H2,(H2,13,14,15);1H2/t5-,7-,8-,11-;/m1./s1. The number of fused-ring (bicyclic) bond motifs is 1. The van der Waals surface area contributed by atoms with Crippen molar-refractivity contribution in [2.75, 3.05) is 12.3 Å². The van der Waals surface area contributed by atoms with Gasteiger partial charge in [0, 0.05) is 0 Å². The van der Waals surface area contributed by atoms with E-state index in [-0.39, 0.29) is 28.0 Å². The van der Waals surface area contributed by atoms with Crippen molar-refractivity contribution in [2.24, 2.45) is 0 Å². The molecule has 0 unspecified atom stereocenters. The fraction of sp³-hybridized carbons (Fsp3) is 0.455. The molecule has 22 heavy (non-hydrogen) atoms. The van der Waals surface area contributed by atoms with E-state index in [1.54, 1.807) is 0 Å². The van der Waals surface area contributed by atoms with Crippen molar-refractivity contribution in [1.82, 2.24) is 19.7 Å². The van der Waals surface area contributed by atoms with Crippen LogP contribution < -0.4 is 5.73 Å². The van der Waals surface area contributed by atoms with Crippen molar-refractivity contribution >= 4 is 16.9 Å². The number of nitriles is 1. The van der Waals surface area contributed by atoms with Crippen LogP contribution in [0.5, 0.6) is 0 Å². The van der Waals surface area contributed by atoms with Crippen molar-refractivity contribution in [2.45, 2.75) is 24.5 Å². The summed E-state index contributed by atoms with van der Waals surface area (Å²) < 4.78 is 6.53. The highest BCUT2D eigenvalue weighted by Gasteiger charge is 2.44. The van der Waals surface area contributed by atoms with Crippen molar-refractivity contribution in [3.63, 3.8) is 0 Å². The largest absolute Gasteiger partial charge is 0.412 e. The first-order valence-electron chi connectivity index (χ1n) is 6.09. The Hall–Kier alpha value is -2.36. The second kappa shape index (κ2) is 5.79. The second-order valence-electron chi connectivity index (χ2n) is 4.59. The molecular formula is C11H14N6O5. The van der Waals surface area contributed by atoms with Crippen LogP contribution >= 0.6 is 0 Å². The predicted octanol–water partition coefficient (Wildman–Crippen LogP) is -2.93. The van der Waals surface area contributed by atoms with Gasteiger partial charge in [0.25, 0.3) is 0 Å². The molecule has 11 nitrogen and oxygen atoms in total. The first kappa shape index (κ1) is 16.0. The number of nitrogens with zero attached hydrogens (tertiary/aromatic N) is 5. The molecular weight excluding hydrogens is 296 g/mol. The molecule has 0 aliphatic carbocycles. The maximum Gasteiger partial charge on any atom is 0.181 e. The monoisotopic (exact) mass is 310 g/mol. The van der Waals surface area contributed by atoms with Crippen LogP contribution in [0.1, 0.15) is 11.9 Å². The van der Waals surface area contributed by atoms with Crippen LogP contribution in [0.25, 0.3) is 11.0 Å². The van der Waals surface area contributed by atoms with E-state index in [1.165, 1.54) is 6.33 Å². The lowest BCUT2D eigenvalue weighted by Gasteiger charge is -2.15. The van der Waals surface area contributed by atoms with Crippen molar-refractivity contribution in [1.29, 1.82) is 5.26 Å². The maximum atomic E-state index is 10.0. The molecule has 3 heterocycles. The number of aliphatic hydroxyl groups is 3. The third-order valence-electron chi connectivity index (χ3n) is 3.38. The number of ether oxygens (including phenoxy) is 1. The lowest BCUT2D eigenvalue weighted by Crippen LogP contribution is -2.33. The number of nitrogens with two attached hydrogens (primary N) is 1. The van der Waals surface area contributed by atoms with E-state index < -0.39 is 31.1 Å². The van der Waals surface area contributed by atoms with Gasteiger partial charge in [-0.15, -0.1) is 0 Å². The van der Waals surface area contributed by atoms with E-state index in [0.717, 1.165) is 4.68 Å². The summed E-state index contributed by atoms with van der Waals surface area (Å²) in [5.41, 5.74) is 5.90. The first-order valence-corrected chi connectivity index (χ1v) is 6.09. The summed E-state index contributed by atoms with van der Waals surface area (Å²) in [6, 6.07) is 1.86. The fourth-order valence-corrected chi connectivity index (χ4v) is 2.33. The summed E-state index contributed by atoms with van der Waals surface area (Å²) in [6.07, 6.45) is -3.44. The normalized spacial score (nSPS) is 27.5. The van der Waals surface area contributed by atoms with E-state index in [2.05, 4.69) is 15.1 Å². The lowest BCUT2D eigenvalue weighted by molar-refractivity contribution is -0.0567. The first-order chi connectivity index (χ1) is 10.1. The van der Waals surface area contributed by atoms with Gasteiger partial charge in [0.15, 0.2) is 17.6 Å². The number of aliphatic hydroxyl groups excluding tert-OH is 3. The van der Waals surface area contributed by atoms with Gasteiger partial charge < -0.3 is 31.3 Å². The van der Waals surface area contributed by atoms with E-state index in [1.807, 2.05) is 6.07 Å². The van der Waals surface area contributed by atoms with Gasteiger partial charge in [-0.1, -0.05) is 0 Å². The van der Waals surface area contributed by atoms with Crippen molar-refractivity contribution in [3.05, 3.63) is 12.0 Å². The third-order valence-corrected chi connectivity index (χ3v) is 3.38. The highest BCUT2D eigenvalue weighted by atomic mass is 16.6. The topological polar surface area (TPSA) is 195 Å². The zero-order valence-electron chi connectivity index (χ0n) is 11.2. The molecule has 11 heteroatoms. The lowest BCUT2D eigenvalue weighted by atomic mass is 10.1. The highest BCUT2D eigenvalue weighted by molar-refractivity contribution is 5.90. The van der Waals surface area contributed by atoms with Gasteiger partial charge in [-0.2, -0.15) is 10.4 Å². The summed E-state index contributed by atoms with van der Waals surface area (Å²) in [7, 11) is 0. The summed E-state index contributed by atoms with van der Waals surface area (Å²) in [5, 5.41) is 42.3. The number of rotatable bonds is 2. The molecule has 2 aromatic rings. The molecule has 7 N–H and O–H groups in total. The van der Waals surface area contributed by atoms with Crippen LogP contribution in [-0.2, 0) is 4.74 Å². The molecule has 1 fully saturated rings. The van der Waals surface area contributed by atoms with Gasteiger partial charge in [-0.05, 0) is 0 Å². The zero-order chi connectivity index (χ0) is 15.1. The van der Waals surface area contributed by atoms with Gasteiger partial charge >= 0.3 is 0 Å². The Kier molecular flexibility index (Phi) is 4.22. The van der Waals surface area contributed by atoms with Crippen LogP contribution in [0, 0.1) is 11.3 Å². The maximum absolute atomic E-state index is 10.0. The van der Waals surface area contributed by atoms with Crippen LogP contribution in [0.2, 0.25) is 0 Å². The third kappa shape index (κ3) is 2.15. The molecule has 2 aromatic heterocycles. The smallest absolute Gasteiger partial charge is 0.181 e. The van der Waals surface area contributed by atoms with E-state index >= 15 is 0 Å². The highest BCUT2D eigenvalue weighted by Crippen LogP contribution is 2.32. The molecule has 3 rings (SSSR count). The minimum atomic E-state index is -1.33. The summed E-state index contributed by atoms with van der Waals surface area (Å²) in [4.78, 5) is 7.78. The minimum Gasteiger partial charge on any atom is -0.412 e. The van der Waals surface area contributed by atoms with Crippen LogP contribution in [0.4, 0.5) is 5.82 Å². The minimum absolute atomic E-state index is 0. The molecule has 1 saturated heterocycles. The zero-order valence-corrected chi connectivity index (χ0v) is 11.2. The van der Waals surface area contributed by atoms with Crippen LogP contribution in [0.15, 0.2) is 6.33 Å². The average Bonchev–Trinajstić information content (AvgIpc) is 2.99. The van der Waals surface area contributed by atoms with Gasteiger partial charge in [0.05, 0.1) is 12.0 Å². The van der Waals surface area contributed by atoms with E-state index in [0.29, 0.717) is 0 Å². The number of anilines is 1. The van der Waals surface area contributed by atoms with Gasteiger partial charge in [-0.25, -0.2) is 14.6 Å². The van der Waals surface area contributed by atoms with Gasteiger partial charge in [0.2, 0.25) is 0 Å². The summed E-state index contributed by atoms with van der Waals surface area (Å²) in [6.45, 7) is -0.462.